The normalized spacial score (nSPS) is 30.5. The molecule has 1 aliphatic heterocycles. The van der Waals surface area contributed by atoms with E-state index in [2.05, 4.69) is 5.32 Å². The minimum atomic E-state index is -0.400. The Kier molecular flexibility index (Phi) is 2.49. The molecule has 1 heterocycles. The molecular formula is C11H11NO3. The summed E-state index contributed by atoms with van der Waals surface area (Å²) in [6.45, 7) is 0. The third kappa shape index (κ3) is 1.88. The van der Waals surface area contributed by atoms with Crippen LogP contribution in [0.15, 0.2) is 24.3 Å². The molecule has 0 radical (unpaired) electrons. The van der Waals surface area contributed by atoms with E-state index in [-0.39, 0.29) is 17.6 Å². The first-order chi connectivity index (χ1) is 7.18. The van der Waals surface area contributed by atoms with E-state index in [9.17, 15) is 14.4 Å². The molecule has 0 aromatic rings. The molecule has 1 N–H and O–H groups in total. The molecule has 2 rings (SSSR count). The zero-order chi connectivity index (χ0) is 10.8. The summed E-state index contributed by atoms with van der Waals surface area (Å²) in [7, 11) is 0. The van der Waals surface area contributed by atoms with E-state index in [0.717, 1.165) is 0 Å². The van der Waals surface area contributed by atoms with Crippen molar-refractivity contribution in [2.24, 2.45) is 11.8 Å². The summed E-state index contributed by atoms with van der Waals surface area (Å²) < 4.78 is 0. The molecule has 0 bridgehead atoms. The van der Waals surface area contributed by atoms with Gasteiger partial charge < -0.3 is 0 Å². The second-order valence-corrected chi connectivity index (χ2v) is 3.73. The first-order valence-corrected chi connectivity index (χ1v) is 4.91. The van der Waals surface area contributed by atoms with Crippen molar-refractivity contribution < 1.29 is 14.4 Å². The molecular weight excluding hydrogens is 194 g/mol. The fourth-order valence-corrected chi connectivity index (χ4v) is 1.93. The molecule has 2 aliphatic rings. The van der Waals surface area contributed by atoms with Crippen LogP contribution in [0.3, 0.4) is 0 Å². The molecule has 0 aromatic carbocycles. The molecule has 0 spiro atoms. The van der Waals surface area contributed by atoms with Gasteiger partial charge in [-0.05, 0) is 12.5 Å². The quantitative estimate of drug-likeness (QED) is 0.628. The number of carbonyl (C=O) groups excluding carboxylic acids is 3. The first kappa shape index (κ1) is 9.83. The van der Waals surface area contributed by atoms with Crippen LogP contribution in [0, 0.1) is 11.8 Å². The molecule has 78 valence electrons. The third-order valence-corrected chi connectivity index (χ3v) is 2.73. The van der Waals surface area contributed by atoms with E-state index in [1.54, 1.807) is 18.2 Å². The van der Waals surface area contributed by atoms with Gasteiger partial charge in [-0.2, -0.15) is 0 Å². The second kappa shape index (κ2) is 3.81. The average molecular weight is 205 g/mol. The van der Waals surface area contributed by atoms with Crippen molar-refractivity contribution in [1.29, 1.82) is 0 Å². The van der Waals surface area contributed by atoms with Gasteiger partial charge in [0, 0.05) is 6.42 Å². The number of hydrogen-bond donors (Lipinski definition) is 1. The van der Waals surface area contributed by atoms with E-state index < -0.39 is 11.8 Å². The van der Waals surface area contributed by atoms with Gasteiger partial charge >= 0.3 is 0 Å². The van der Waals surface area contributed by atoms with Crippen LogP contribution in [-0.4, -0.2) is 17.6 Å². The minimum absolute atomic E-state index is 0.0630. The van der Waals surface area contributed by atoms with Crippen LogP contribution in [0.2, 0.25) is 0 Å². The largest absolute Gasteiger partial charge is 0.296 e. The standard InChI is InChI=1S/C11H11NO3/c13-9-4-2-1-3-7(9)8-5-6-10(14)12-11(8)15/h1-4,7-8H,5-6H2,(H,12,14,15). The summed E-state index contributed by atoms with van der Waals surface area (Å²) in [5.41, 5.74) is 0. The van der Waals surface area contributed by atoms with Gasteiger partial charge in [0.2, 0.25) is 11.8 Å². The van der Waals surface area contributed by atoms with Gasteiger partial charge in [0.25, 0.3) is 0 Å². The zero-order valence-electron chi connectivity index (χ0n) is 8.10. The van der Waals surface area contributed by atoms with E-state index in [4.69, 9.17) is 0 Å². The Morgan fingerprint density at radius 3 is 2.67 bits per heavy atom. The maximum Gasteiger partial charge on any atom is 0.230 e. The number of ketones is 1. The highest BCUT2D eigenvalue weighted by Crippen LogP contribution is 2.25. The van der Waals surface area contributed by atoms with E-state index in [1.807, 2.05) is 0 Å². The lowest BCUT2D eigenvalue weighted by Gasteiger charge is -2.26. The van der Waals surface area contributed by atoms with Crippen LogP contribution in [0.25, 0.3) is 0 Å². The molecule has 15 heavy (non-hydrogen) atoms. The Morgan fingerprint density at radius 1 is 1.20 bits per heavy atom. The second-order valence-electron chi connectivity index (χ2n) is 3.73. The van der Waals surface area contributed by atoms with Gasteiger partial charge in [-0.3, -0.25) is 19.7 Å². The van der Waals surface area contributed by atoms with Gasteiger partial charge in [0.15, 0.2) is 5.78 Å². The molecule has 0 aromatic heterocycles. The van der Waals surface area contributed by atoms with Crippen LogP contribution in [0.4, 0.5) is 0 Å². The Morgan fingerprint density at radius 2 is 2.00 bits per heavy atom. The molecule has 2 atom stereocenters. The lowest BCUT2D eigenvalue weighted by molar-refractivity contribution is -0.139. The third-order valence-electron chi connectivity index (χ3n) is 2.73. The Balaban J connectivity index is 2.14. The summed E-state index contributed by atoms with van der Waals surface area (Å²) in [4.78, 5) is 34.0. The molecule has 4 nitrogen and oxygen atoms in total. The van der Waals surface area contributed by atoms with Crippen molar-refractivity contribution in [3.8, 4) is 0 Å². The van der Waals surface area contributed by atoms with Crippen molar-refractivity contribution >= 4 is 17.6 Å². The van der Waals surface area contributed by atoms with Gasteiger partial charge in [-0.15, -0.1) is 0 Å². The molecule has 2 amide bonds. The van der Waals surface area contributed by atoms with Crippen LogP contribution in [0.1, 0.15) is 12.8 Å². The van der Waals surface area contributed by atoms with Gasteiger partial charge in [-0.25, -0.2) is 0 Å². The predicted octanol–water partition coefficient (Wildman–Crippen LogP) is 0.350. The highest BCUT2D eigenvalue weighted by Gasteiger charge is 2.35. The van der Waals surface area contributed by atoms with E-state index in [1.165, 1.54) is 6.08 Å². The summed E-state index contributed by atoms with van der Waals surface area (Å²) in [6.07, 6.45) is 7.38. The van der Waals surface area contributed by atoms with Crippen molar-refractivity contribution in [1.82, 2.24) is 5.32 Å². The highest BCUT2D eigenvalue weighted by molar-refractivity contribution is 6.03. The average Bonchev–Trinajstić information content (AvgIpc) is 2.20. The topological polar surface area (TPSA) is 63.2 Å². The molecule has 1 aliphatic carbocycles. The lowest BCUT2D eigenvalue weighted by Crippen LogP contribution is -2.44. The summed E-state index contributed by atoms with van der Waals surface area (Å²) >= 11 is 0. The number of hydrogen-bond acceptors (Lipinski definition) is 3. The van der Waals surface area contributed by atoms with E-state index in [0.29, 0.717) is 12.8 Å². The summed E-state index contributed by atoms with van der Waals surface area (Å²) in [5, 5.41) is 2.26. The molecule has 1 fully saturated rings. The first-order valence-electron chi connectivity index (χ1n) is 4.91. The fourth-order valence-electron chi connectivity index (χ4n) is 1.93. The smallest absolute Gasteiger partial charge is 0.230 e. The molecule has 4 heteroatoms. The zero-order valence-corrected chi connectivity index (χ0v) is 8.10. The monoisotopic (exact) mass is 205 g/mol. The maximum atomic E-state index is 11.5. The fraction of sp³-hybridized carbons (Fsp3) is 0.364. The number of nitrogens with one attached hydrogen (secondary N) is 1. The van der Waals surface area contributed by atoms with Crippen molar-refractivity contribution in [2.75, 3.05) is 0 Å². The Labute approximate surface area is 87.0 Å². The van der Waals surface area contributed by atoms with Crippen molar-refractivity contribution in [3.05, 3.63) is 24.3 Å². The minimum Gasteiger partial charge on any atom is -0.296 e. The predicted molar refractivity (Wildman–Crippen MR) is 52.7 cm³/mol. The van der Waals surface area contributed by atoms with Crippen LogP contribution in [0.5, 0.6) is 0 Å². The number of imide groups is 1. The Hall–Kier alpha value is -1.71. The number of rotatable bonds is 1. The summed E-state index contributed by atoms with van der Waals surface area (Å²) in [5.74, 6) is -1.44. The van der Waals surface area contributed by atoms with Crippen LogP contribution in [-0.2, 0) is 14.4 Å². The van der Waals surface area contributed by atoms with Crippen LogP contribution < -0.4 is 5.32 Å². The number of amides is 2. The number of allylic oxidation sites excluding steroid dienone is 4. The van der Waals surface area contributed by atoms with Crippen molar-refractivity contribution in [2.45, 2.75) is 12.8 Å². The van der Waals surface area contributed by atoms with Crippen LogP contribution >= 0.6 is 0 Å². The van der Waals surface area contributed by atoms with Gasteiger partial charge in [0.1, 0.15) is 0 Å². The van der Waals surface area contributed by atoms with Gasteiger partial charge in [0.05, 0.1) is 11.8 Å². The SMILES string of the molecule is O=C1CCC(C2C=CC=CC2=O)C(=O)N1. The van der Waals surface area contributed by atoms with E-state index >= 15 is 0 Å². The van der Waals surface area contributed by atoms with Crippen molar-refractivity contribution in [3.63, 3.8) is 0 Å². The molecule has 0 saturated carbocycles. The highest BCUT2D eigenvalue weighted by atomic mass is 16.2. The van der Waals surface area contributed by atoms with Gasteiger partial charge in [-0.1, -0.05) is 18.2 Å². The lowest BCUT2D eigenvalue weighted by atomic mass is 9.81. The number of piperidine rings is 1. The number of carbonyl (C=O) groups is 3. The molecule has 1 saturated heterocycles. The summed E-state index contributed by atoms with van der Waals surface area (Å²) in [6, 6.07) is 0. The molecule has 2 unspecified atom stereocenters. The Bertz CT molecular complexity index is 381. The maximum absolute atomic E-state index is 11.5.